The Kier molecular flexibility index (Phi) is 15.5. The van der Waals surface area contributed by atoms with Gasteiger partial charge in [0.05, 0.1) is 27.5 Å². The number of hydrogen-bond acceptors (Lipinski definition) is 14. The molecule has 18 heteroatoms. The summed E-state index contributed by atoms with van der Waals surface area (Å²) in [6, 6.07) is 5.30. The summed E-state index contributed by atoms with van der Waals surface area (Å²) in [6.07, 6.45) is 12.8. The highest BCUT2D eigenvalue weighted by molar-refractivity contribution is 7.17. The summed E-state index contributed by atoms with van der Waals surface area (Å²) >= 11 is 2.46. The number of nitrogens with zero attached hydrogens (tertiary/aromatic N) is 8. The van der Waals surface area contributed by atoms with Crippen molar-refractivity contribution < 1.29 is 29.4 Å². The first-order chi connectivity index (χ1) is 32.8. The molecule has 4 aromatic rings. The summed E-state index contributed by atoms with van der Waals surface area (Å²) in [5, 5.41) is 27.2. The van der Waals surface area contributed by atoms with Crippen molar-refractivity contribution in [2.75, 3.05) is 37.9 Å². The van der Waals surface area contributed by atoms with E-state index in [2.05, 4.69) is 65.2 Å². The molecule has 0 aliphatic carbocycles. The van der Waals surface area contributed by atoms with Crippen molar-refractivity contribution in [2.45, 2.75) is 181 Å². The Morgan fingerprint density at radius 3 is 1.53 bits per heavy atom. The third kappa shape index (κ3) is 11.3. The maximum atomic E-state index is 13.8. The Morgan fingerprint density at radius 2 is 1.14 bits per heavy atom. The van der Waals surface area contributed by atoms with Crippen LogP contribution in [0.5, 0.6) is 0 Å². The second-order valence-corrected chi connectivity index (χ2v) is 24.1. The molecule has 4 bridgehead atoms. The van der Waals surface area contributed by atoms with Gasteiger partial charge < -0.3 is 40.4 Å². The first-order valence-electron chi connectivity index (χ1n) is 24.8. The van der Waals surface area contributed by atoms with Crippen LogP contribution in [0.15, 0.2) is 24.5 Å². The van der Waals surface area contributed by atoms with Crippen LogP contribution in [0.2, 0.25) is 0 Å². The second-order valence-electron chi connectivity index (χ2n) is 22.1. The number of anilines is 2. The van der Waals surface area contributed by atoms with E-state index >= 15 is 0 Å². The van der Waals surface area contributed by atoms with E-state index < -0.39 is 11.1 Å². The Labute approximate surface area is 421 Å². The third-order valence-electron chi connectivity index (χ3n) is 14.2. The Balaban J connectivity index is 0.000000206. The van der Waals surface area contributed by atoms with Gasteiger partial charge in [0, 0.05) is 79.9 Å². The number of thiazole rings is 2. The van der Waals surface area contributed by atoms with Crippen LogP contribution in [-0.4, -0.2) is 148 Å². The molecule has 16 nitrogen and oxygen atoms in total. The maximum Gasteiger partial charge on any atom is 0.283 e. The third-order valence-corrected chi connectivity index (χ3v) is 16.3. The van der Waals surface area contributed by atoms with E-state index in [1.165, 1.54) is 32.5 Å². The molecule has 0 radical (unpaired) electrons. The van der Waals surface area contributed by atoms with Gasteiger partial charge in [0.25, 0.3) is 23.6 Å². The molecule has 70 heavy (non-hydrogen) atoms. The molecule has 1 atom stereocenters. The first-order valence-corrected chi connectivity index (χ1v) is 26.5. The van der Waals surface area contributed by atoms with Gasteiger partial charge in [-0.25, -0.2) is 19.9 Å². The fraction of sp³-hybridized carbons (Fsp3) is 0.615. The van der Waals surface area contributed by atoms with E-state index in [-0.39, 0.29) is 76.5 Å². The lowest BCUT2D eigenvalue weighted by Gasteiger charge is -2.33. The average Bonchev–Trinajstić information content (AvgIpc) is 4.18. The minimum atomic E-state index is -1.03. The Bertz CT molecular complexity index is 2560. The van der Waals surface area contributed by atoms with Crippen LogP contribution >= 0.6 is 22.7 Å². The van der Waals surface area contributed by atoms with Gasteiger partial charge in [-0.1, -0.05) is 6.92 Å². The van der Waals surface area contributed by atoms with Crippen LogP contribution in [-0.2, 0) is 0 Å². The number of aromatic nitrogens is 4. The monoisotopic (exact) mass is 999 g/mol. The van der Waals surface area contributed by atoms with Crippen LogP contribution < -0.4 is 10.6 Å². The van der Waals surface area contributed by atoms with Crippen LogP contribution in [0.4, 0.5) is 11.6 Å². The maximum absolute atomic E-state index is 13.8. The number of aliphatic hydroxyl groups is 2. The van der Waals surface area contributed by atoms with Gasteiger partial charge in [0.1, 0.15) is 23.0 Å². The van der Waals surface area contributed by atoms with Crippen molar-refractivity contribution in [1.82, 2.24) is 39.5 Å². The van der Waals surface area contributed by atoms with Gasteiger partial charge in [0.15, 0.2) is 10.0 Å². The van der Waals surface area contributed by atoms with Crippen LogP contribution in [0.3, 0.4) is 0 Å². The van der Waals surface area contributed by atoms with Crippen molar-refractivity contribution in [3.8, 4) is 20.9 Å². The van der Waals surface area contributed by atoms with Crippen molar-refractivity contribution >= 4 is 57.9 Å². The fourth-order valence-corrected chi connectivity index (χ4v) is 12.3. The lowest BCUT2D eigenvalue weighted by molar-refractivity contribution is 0.0367. The van der Waals surface area contributed by atoms with E-state index in [1.807, 2.05) is 35.8 Å². The first kappa shape index (κ1) is 52.8. The lowest BCUT2D eigenvalue weighted by Crippen LogP contribution is -2.47. The van der Waals surface area contributed by atoms with Gasteiger partial charge >= 0.3 is 0 Å². The smallest absolute Gasteiger partial charge is 0.283 e. The molecule has 4 aromatic heterocycles. The average molecular weight is 999 g/mol. The normalized spacial score (nSPS) is 20.0. The number of aryl methyl sites for hydroxylation is 2. The van der Waals surface area contributed by atoms with Crippen LogP contribution in [0.25, 0.3) is 20.9 Å². The number of hydrogen-bond donors (Lipinski definition) is 4. The molecular formula is C52H74N10O6S2. The molecular weight excluding hydrogens is 925 g/mol. The summed E-state index contributed by atoms with van der Waals surface area (Å²) in [6.45, 7) is 21.3. The molecule has 4 amide bonds. The van der Waals surface area contributed by atoms with Crippen molar-refractivity contribution in [2.24, 2.45) is 0 Å². The fourth-order valence-electron chi connectivity index (χ4n) is 10.0. The predicted octanol–water partition coefficient (Wildman–Crippen LogP) is 8.67. The zero-order chi connectivity index (χ0) is 51.2. The quantitative estimate of drug-likeness (QED) is 0.0940. The Hall–Kier alpha value is -5.04. The number of carbonyl (C=O) groups excluding carboxylic acids is 4. The molecule has 380 valence electrons. The van der Waals surface area contributed by atoms with Gasteiger partial charge in [-0.3, -0.25) is 19.2 Å². The number of amides is 4. The highest BCUT2D eigenvalue weighted by Gasteiger charge is 2.46. The number of rotatable bonds is 14. The van der Waals surface area contributed by atoms with Crippen LogP contribution in [0, 0.1) is 13.8 Å². The molecule has 8 rings (SSSR count). The minimum absolute atomic E-state index is 0.0921. The van der Waals surface area contributed by atoms with Gasteiger partial charge in [-0.05, 0) is 150 Å². The van der Waals surface area contributed by atoms with E-state index in [0.29, 0.717) is 27.2 Å². The summed E-state index contributed by atoms with van der Waals surface area (Å²) in [7, 11) is 3.30. The predicted molar refractivity (Wildman–Crippen MR) is 278 cm³/mol. The summed E-state index contributed by atoms with van der Waals surface area (Å²) in [4.78, 5) is 80.9. The number of aliphatic hydroxyl groups excluding tert-OH is 1. The largest absolute Gasteiger partial charge is 0.394 e. The molecule has 4 fully saturated rings. The second kappa shape index (κ2) is 20.6. The van der Waals surface area contributed by atoms with E-state index in [4.69, 9.17) is 0 Å². The zero-order valence-corrected chi connectivity index (χ0v) is 45.0. The SMILES string of the molecule is CC[C@@H](C)Nc1cc(C)c(-c2sc(C(=O)N(C)C(C)(C)CO)nc2C(=O)N2C3CCC2CC3)cn1.Cc1cc(NC(C)(C)C)ncc1-c1sc(C(=O)N(C)CC(C)(C)O)nc1C(=O)N1C2CCC1CC2. The topological polar surface area (TPSA) is 197 Å². The van der Waals surface area contributed by atoms with E-state index in [0.717, 1.165) is 91.7 Å². The molecule has 0 unspecified atom stereocenters. The molecule has 4 saturated heterocycles. The molecule has 4 aliphatic rings. The van der Waals surface area contributed by atoms with Crippen LogP contribution in [0.1, 0.15) is 172 Å². The van der Waals surface area contributed by atoms with Crippen molar-refractivity contribution in [1.29, 1.82) is 0 Å². The Morgan fingerprint density at radius 1 is 0.729 bits per heavy atom. The summed E-state index contributed by atoms with van der Waals surface area (Å²) < 4.78 is 0. The van der Waals surface area contributed by atoms with E-state index in [9.17, 15) is 29.4 Å². The zero-order valence-electron chi connectivity index (χ0n) is 43.4. The van der Waals surface area contributed by atoms with E-state index in [1.54, 1.807) is 54.2 Å². The number of nitrogens with one attached hydrogen (secondary N) is 2. The van der Waals surface area contributed by atoms with Gasteiger partial charge in [0.2, 0.25) is 0 Å². The molecule has 8 heterocycles. The molecule has 0 saturated carbocycles. The van der Waals surface area contributed by atoms with Gasteiger partial charge in [-0.15, -0.1) is 22.7 Å². The molecule has 4 N–H and O–H groups in total. The van der Waals surface area contributed by atoms with Crippen molar-refractivity contribution in [3.63, 3.8) is 0 Å². The summed E-state index contributed by atoms with van der Waals surface area (Å²) in [5.74, 6) is 0.747. The standard InChI is InChI=1S/2C26H37N5O3S/c1-15-12-19(29-25(2,3)4)27-13-18(15)21-20(23(32)31-16-8-9-17(31)11-10-16)28-22(35-21)24(33)30(7)14-26(5,6)34;1-7-16(3)28-20-12-15(2)19(13-27-20)22-21(24(33)31-17-8-9-18(31)11-10-17)29-23(35-22)25(34)30(6)26(4,5)14-32/h12-13,16-17,34H,8-11,14H2,1-7H3,(H,27,29);12-13,16-18,32H,7-11,14H2,1-6H3,(H,27,28)/t;16-,17?,18?/m.1/s1. The highest BCUT2D eigenvalue weighted by Crippen LogP contribution is 2.43. The molecule has 0 aromatic carbocycles. The molecule has 0 spiro atoms. The summed E-state index contributed by atoms with van der Waals surface area (Å²) in [5.41, 5.74) is 2.29. The van der Waals surface area contributed by atoms with Gasteiger partial charge in [-0.2, -0.15) is 0 Å². The number of carbonyl (C=O) groups is 4. The number of pyridine rings is 2. The number of fused-ring (bicyclic) bond motifs is 4. The molecule has 4 aliphatic heterocycles. The minimum Gasteiger partial charge on any atom is -0.394 e. The number of likely N-dealkylation sites (N-methyl/N-ethyl adjacent to an activating group) is 2. The lowest BCUT2D eigenvalue weighted by atomic mass is 10.0. The van der Waals surface area contributed by atoms with Crippen molar-refractivity contribution in [3.05, 3.63) is 57.1 Å². The highest BCUT2D eigenvalue weighted by atomic mass is 32.1.